The SMILES string of the molecule is CC(C)=CC[C@H]1C(=O)C(C(=O)CC(C)C)=C(O)C1(O)CC/C=C(\C)CO. The molecular formula is C21H32O5. The van der Waals surface area contributed by atoms with Gasteiger partial charge in [-0.25, -0.2) is 0 Å². The second kappa shape index (κ2) is 9.28. The third-order valence-electron chi connectivity index (χ3n) is 4.69. The molecule has 1 aliphatic rings. The monoisotopic (exact) mass is 364 g/mol. The van der Waals surface area contributed by atoms with Crippen LogP contribution in [0.2, 0.25) is 0 Å². The molecule has 0 saturated heterocycles. The molecule has 1 unspecified atom stereocenters. The number of hydrogen-bond acceptors (Lipinski definition) is 5. The fourth-order valence-corrected chi connectivity index (χ4v) is 3.18. The second-order valence-electron chi connectivity index (χ2n) is 7.85. The highest BCUT2D eigenvalue weighted by Crippen LogP contribution is 2.43. The zero-order chi connectivity index (χ0) is 20.1. The molecule has 5 nitrogen and oxygen atoms in total. The van der Waals surface area contributed by atoms with Crippen LogP contribution in [-0.2, 0) is 9.59 Å². The van der Waals surface area contributed by atoms with Crippen molar-refractivity contribution >= 4 is 11.6 Å². The Morgan fingerprint density at radius 1 is 1.23 bits per heavy atom. The molecule has 3 N–H and O–H groups in total. The summed E-state index contributed by atoms with van der Waals surface area (Å²) in [6, 6.07) is 0. The van der Waals surface area contributed by atoms with Gasteiger partial charge in [-0.05, 0) is 46.0 Å². The van der Waals surface area contributed by atoms with Crippen LogP contribution in [0.3, 0.4) is 0 Å². The molecule has 0 radical (unpaired) electrons. The van der Waals surface area contributed by atoms with Crippen molar-refractivity contribution in [2.75, 3.05) is 6.61 Å². The number of Topliss-reactive ketones (excluding diaryl/α,β-unsaturated/α-hetero) is 2. The molecule has 0 aromatic heterocycles. The van der Waals surface area contributed by atoms with Crippen LogP contribution < -0.4 is 0 Å². The molecule has 0 heterocycles. The summed E-state index contributed by atoms with van der Waals surface area (Å²) in [7, 11) is 0. The zero-order valence-corrected chi connectivity index (χ0v) is 16.5. The first-order valence-electron chi connectivity index (χ1n) is 9.17. The topological polar surface area (TPSA) is 94.8 Å². The van der Waals surface area contributed by atoms with Crippen LogP contribution in [0.4, 0.5) is 0 Å². The number of aliphatic hydroxyl groups is 3. The van der Waals surface area contributed by atoms with Crippen LogP contribution in [0, 0.1) is 11.8 Å². The van der Waals surface area contributed by atoms with E-state index in [9.17, 15) is 19.8 Å². The molecule has 0 spiro atoms. The lowest BCUT2D eigenvalue weighted by Gasteiger charge is -2.28. The van der Waals surface area contributed by atoms with Crippen molar-refractivity contribution in [3.63, 3.8) is 0 Å². The Kier molecular flexibility index (Phi) is 7.97. The first-order valence-corrected chi connectivity index (χ1v) is 9.17. The Hall–Kier alpha value is -1.72. The van der Waals surface area contributed by atoms with E-state index < -0.39 is 28.8 Å². The van der Waals surface area contributed by atoms with Gasteiger partial charge in [0, 0.05) is 6.42 Å². The van der Waals surface area contributed by atoms with E-state index in [4.69, 9.17) is 5.11 Å². The average molecular weight is 364 g/mol. The van der Waals surface area contributed by atoms with Crippen LogP contribution in [0.15, 0.2) is 34.6 Å². The number of carbonyl (C=O) groups excluding carboxylic acids is 2. The Morgan fingerprint density at radius 2 is 1.85 bits per heavy atom. The van der Waals surface area contributed by atoms with Gasteiger partial charge in [0.05, 0.1) is 12.5 Å². The predicted octanol–water partition coefficient (Wildman–Crippen LogP) is 3.42. The number of ketones is 2. The first kappa shape index (κ1) is 22.3. The van der Waals surface area contributed by atoms with Gasteiger partial charge in [-0.2, -0.15) is 0 Å². The summed E-state index contributed by atoms with van der Waals surface area (Å²) in [4.78, 5) is 25.3. The summed E-state index contributed by atoms with van der Waals surface area (Å²) >= 11 is 0. The van der Waals surface area contributed by atoms with Gasteiger partial charge in [-0.15, -0.1) is 0 Å². The Morgan fingerprint density at radius 3 is 2.35 bits per heavy atom. The summed E-state index contributed by atoms with van der Waals surface area (Å²) in [5.41, 5.74) is -0.246. The molecule has 1 aliphatic carbocycles. The minimum Gasteiger partial charge on any atom is -0.508 e. The maximum atomic E-state index is 12.8. The van der Waals surface area contributed by atoms with Crippen LogP contribution in [0.1, 0.15) is 60.3 Å². The molecule has 146 valence electrons. The molecule has 0 bridgehead atoms. The van der Waals surface area contributed by atoms with Crippen molar-refractivity contribution in [1.82, 2.24) is 0 Å². The molecule has 1 rings (SSSR count). The summed E-state index contributed by atoms with van der Waals surface area (Å²) in [5.74, 6) is -2.20. The van der Waals surface area contributed by atoms with E-state index in [0.717, 1.165) is 11.1 Å². The first-order chi connectivity index (χ1) is 12.0. The maximum absolute atomic E-state index is 12.8. The maximum Gasteiger partial charge on any atom is 0.176 e. The van der Waals surface area contributed by atoms with Gasteiger partial charge in [0.2, 0.25) is 0 Å². The predicted molar refractivity (Wildman–Crippen MR) is 102 cm³/mol. The van der Waals surface area contributed by atoms with Gasteiger partial charge in [0.15, 0.2) is 11.6 Å². The molecule has 5 heteroatoms. The highest BCUT2D eigenvalue weighted by Gasteiger charge is 2.53. The van der Waals surface area contributed by atoms with Gasteiger partial charge in [-0.1, -0.05) is 37.1 Å². The third-order valence-corrected chi connectivity index (χ3v) is 4.69. The van der Waals surface area contributed by atoms with E-state index >= 15 is 0 Å². The summed E-state index contributed by atoms with van der Waals surface area (Å²) < 4.78 is 0. The van der Waals surface area contributed by atoms with Crippen LogP contribution in [0.5, 0.6) is 0 Å². The highest BCUT2D eigenvalue weighted by atomic mass is 16.3. The fraction of sp³-hybridized carbons (Fsp3) is 0.619. The molecular weight excluding hydrogens is 332 g/mol. The Bertz CT molecular complexity index is 635. The van der Waals surface area contributed by atoms with E-state index in [1.165, 1.54) is 0 Å². The van der Waals surface area contributed by atoms with Crippen molar-refractivity contribution in [2.45, 2.75) is 65.9 Å². The Labute approximate surface area is 156 Å². The molecule has 0 aromatic rings. The van der Waals surface area contributed by atoms with E-state index in [-0.39, 0.29) is 37.4 Å². The number of carbonyl (C=O) groups is 2. The summed E-state index contributed by atoms with van der Waals surface area (Å²) in [6.07, 6.45) is 4.52. The van der Waals surface area contributed by atoms with E-state index in [1.54, 1.807) is 13.0 Å². The van der Waals surface area contributed by atoms with Crippen molar-refractivity contribution < 1.29 is 24.9 Å². The number of hydrogen-bond donors (Lipinski definition) is 3. The highest BCUT2D eigenvalue weighted by molar-refractivity contribution is 6.23. The fourth-order valence-electron chi connectivity index (χ4n) is 3.18. The minimum atomic E-state index is -1.75. The van der Waals surface area contributed by atoms with Gasteiger partial charge in [0.25, 0.3) is 0 Å². The number of aliphatic hydroxyl groups excluding tert-OH is 2. The molecule has 2 atom stereocenters. The lowest BCUT2D eigenvalue weighted by Crippen LogP contribution is -2.38. The van der Waals surface area contributed by atoms with Crippen molar-refractivity contribution in [1.29, 1.82) is 0 Å². The molecule has 26 heavy (non-hydrogen) atoms. The van der Waals surface area contributed by atoms with Crippen LogP contribution in [-0.4, -0.2) is 39.1 Å². The normalized spacial score (nSPS) is 23.8. The molecule has 0 fully saturated rings. The van der Waals surface area contributed by atoms with Crippen molar-refractivity contribution in [3.8, 4) is 0 Å². The van der Waals surface area contributed by atoms with Gasteiger partial charge >= 0.3 is 0 Å². The standard InChI is InChI=1S/C21H32O5/c1-13(2)8-9-16-19(24)18(17(23)11-14(3)4)20(25)21(16,26)10-6-7-15(5)12-22/h7-8,14,16,22,25-26H,6,9-12H2,1-5H3/b15-7+/t16-,21?/m0/s1. The lowest BCUT2D eigenvalue weighted by molar-refractivity contribution is -0.126. The van der Waals surface area contributed by atoms with E-state index in [1.807, 2.05) is 33.8 Å². The van der Waals surface area contributed by atoms with Crippen LogP contribution >= 0.6 is 0 Å². The summed E-state index contributed by atoms with van der Waals surface area (Å²) in [5, 5.41) is 30.8. The quantitative estimate of drug-likeness (QED) is 0.430. The van der Waals surface area contributed by atoms with E-state index in [0.29, 0.717) is 6.42 Å². The zero-order valence-electron chi connectivity index (χ0n) is 16.5. The number of rotatable bonds is 9. The lowest BCUT2D eigenvalue weighted by atomic mass is 9.82. The largest absolute Gasteiger partial charge is 0.508 e. The van der Waals surface area contributed by atoms with Crippen LogP contribution in [0.25, 0.3) is 0 Å². The summed E-state index contributed by atoms with van der Waals surface area (Å²) in [6.45, 7) is 9.19. The average Bonchev–Trinajstić information content (AvgIpc) is 2.71. The second-order valence-corrected chi connectivity index (χ2v) is 7.85. The van der Waals surface area contributed by atoms with Crippen molar-refractivity contribution in [3.05, 3.63) is 34.6 Å². The van der Waals surface area contributed by atoms with Gasteiger partial charge in [0.1, 0.15) is 16.9 Å². The molecule has 0 aliphatic heterocycles. The van der Waals surface area contributed by atoms with E-state index in [2.05, 4.69) is 0 Å². The smallest absolute Gasteiger partial charge is 0.176 e. The van der Waals surface area contributed by atoms with Crippen molar-refractivity contribution in [2.24, 2.45) is 11.8 Å². The third kappa shape index (κ3) is 5.15. The minimum absolute atomic E-state index is 0.0515. The molecule has 0 saturated carbocycles. The number of allylic oxidation sites excluding steroid dienone is 4. The molecule has 0 amide bonds. The Balaban J connectivity index is 3.23. The van der Waals surface area contributed by atoms with Gasteiger partial charge in [-0.3, -0.25) is 9.59 Å². The van der Waals surface area contributed by atoms with Gasteiger partial charge < -0.3 is 15.3 Å². The molecule has 0 aromatic carbocycles.